The Bertz CT molecular complexity index is 163. The maximum absolute atomic E-state index is 3.62. The van der Waals surface area contributed by atoms with Crippen molar-refractivity contribution in [2.75, 3.05) is 6.54 Å². The molecule has 2 fully saturated rings. The third-order valence-electron chi connectivity index (χ3n) is 3.98. The van der Waals surface area contributed by atoms with Gasteiger partial charge in [0.1, 0.15) is 0 Å². The Balaban J connectivity index is 1.85. The van der Waals surface area contributed by atoms with E-state index in [1.54, 1.807) is 0 Å². The van der Waals surface area contributed by atoms with Crippen molar-refractivity contribution in [3.8, 4) is 0 Å². The molecule has 0 heterocycles. The highest BCUT2D eigenvalue weighted by atomic mass is 14.9. The molecule has 1 nitrogen and oxygen atoms in total. The lowest BCUT2D eigenvalue weighted by Gasteiger charge is -2.34. The Morgan fingerprint density at radius 1 is 1.15 bits per heavy atom. The molecule has 0 aromatic heterocycles. The minimum Gasteiger partial charge on any atom is -0.314 e. The molecule has 0 spiro atoms. The first kappa shape index (κ1) is 9.51. The highest BCUT2D eigenvalue weighted by molar-refractivity contribution is 4.90. The smallest absolute Gasteiger partial charge is 0.00698 e. The van der Waals surface area contributed by atoms with Crippen molar-refractivity contribution in [3.63, 3.8) is 0 Å². The maximum Gasteiger partial charge on any atom is 0.00698 e. The first-order chi connectivity index (χ1) is 6.31. The standard InChI is InChI=1S/C12H23N/c1-3-13-11-7-4-9(2)12(8-11)10-5-6-10/h9-13H,3-8H2,1-2H3. The quantitative estimate of drug-likeness (QED) is 0.706. The van der Waals surface area contributed by atoms with E-state index >= 15 is 0 Å². The highest BCUT2D eigenvalue weighted by Gasteiger charge is 2.38. The average molecular weight is 181 g/mol. The lowest BCUT2D eigenvalue weighted by molar-refractivity contribution is 0.189. The Kier molecular flexibility index (Phi) is 2.92. The second kappa shape index (κ2) is 4.00. The molecule has 3 unspecified atom stereocenters. The van der Waals surface area contributed by atoms with Crippen molar-refractivity contribution < 1.29 is 0 Å². The zero-order valence-corrected chi connectivity index (χ0v) is 9.05. The van der Waals surface area contributed by atoms with Crippen molar-refractivity contribution in [2.45, 2.75) is 52.0 Å². The normalized spacial score (nSPS) is 40.6. The average Bonchev–Trinajstić information content (AvgIpc) is 2.92. The summed E-state index contributed by atoms with van der Waals surface area (Å²) in [6, 6.07) is 0.840. The van der Waals surface area contributed by atoms with E-state index < -0.39 is 0 Å². The van der Waals surface area contributed by atoms with Crippen LogP contribution in [0.1, 0.15) is 46.0 Å². The Hall–Kier alpha value is -0.0400. The second-order valence-electron chi connectivity index (χ2n) is 5.05. The van der Waals surface area contributed by atoms with E-state index in [4.69, 9.17) is 0 Å². The fourth-order valence-corrected chi connectivity index (χ4v) is 3.01. The first-order valence-electron chi connectivity index (χ1n) is 6.04. The summed E-state index contributed by atoms with van der Waals surface area (Å²) < 4.78 is 0. The van der Waals surface area contributed by atoms with E-state index in [0.717, 1.165) is 30.3 Å². The Labute approximate surface area is 82.3 Å². The molecule has 2 aliphatic carbocycles. The van der Waals surface area contributed by atoms with Gasteiger partial charge in [0.15, 0.2) is 0 Å². The lowest BCUT2D eigenvalue weighted by atomic mass is 9.75. The third-order valence-corrected chi connectivity index (χ3v) is 3.98. The van der Waals surface area contributed by atoms with Gasteiger partial charge < -0.3 is 5.32 Å². The van der Waals surface area contributed by atoms with Crippen LogP contribution in [-0.2, 0) is 0 Å². The van der Waals surface area contributed by atoms with Gasteiger partial charge >= 0.3 is 0 Å². The second-order valence-corrected chi connectivity index (χ2v) is 5.05. The van der Waals surface area contributed by atoms with Gasteiger partial charge in [-0.15, -0.1) is 0 Å². The summed E-state index contributed by atoms with van der Waals surface area (Å²) in [5.74, 6) is 3.16. The fraction of sp³-hybridized carbons (Fsp3) is 1.00. The summed E-state index contributed by atoms with van der Waals surface area (Å²) in [5, 5.41) is 3.62. The minimum atomic E-state index is 0.840. The summed E-state index contributed by atoms with van der Waals surface area (Å²) in [5.41, 5.74) is 0. The van der Waals surface area contributed by atoms with Crippen molar-refractivity contribution in [1.82, 2.24) is 5.32 Å². The van der Waals surface area contributed by atoms with E-state index in [0.29, 0.717) is 0 Å². The van der Waals surface area contributed by atoms with Crippen molar-refractivity contribution in [2.24, 2.45) is 17.8 Å². The van der Waals surface area contributed by atoms with Crippen molar-refractivity contribution >= 4 is 0 Å². The lowest BCUT2D eigenvalue weighted by Crippen LogP contribution is -2.37. The molecule has 0 bridgehead atoms. The molecule has 13 heavy (non-hydrogen) atoms. The first-order valence-corrected chi connectivity index (χ1v) is 6.04. The van der Waals surface area contributed by atoms with Gasteiger partial charge in [0.05, 0.1) is 0 Å². The molecule has 0 radical (unpaired) electrons. The monoisotopic (exact) mass is 181 g/mol. The van der Waals surface area contributed by atoms with Gasteiger partial charge in [0.25, 0.3) is 0 Å². The van der Waals surface area contributed by atoms with Gasteiger partial charge in [0, 0.05) is 6.04 Å². The Morgan fingerprint density at radius 3 is 2.54 bits per heavy atom. The van der Waals surface area contributed by atoms with E-state index in [-0.39, 0.29) is 0 Å². The molecular weight excluding hydrogens is 158 g/mol. The highest BCUT2D eigenvalue weighted by Crippen LogP contribution is 2.46. The predicted molar refractivity (Wildman–Crippen MR) is 56.7 cm³/mol. The number of hydrogen-bond acceptors (Lipinski definition) is 1. The van der Waals surface area contributed by atoms with Gasteiger partial charge in [-0.2, -0.15) is 0 Å². The maximum atomic E-state index is 3.62. The van der Waals surface area contributed by atoms with E-state index in [1.165, 1.54) is 32.1 Å². The summed E-state index contributed by atoms with van der Waals surface area (Å²) >= 11 is 0. The number of rotatable bonds is 3. The van der Waals surface area contributed by atoms with Gasteiger partial charge in [-0.1, -0.05) is 13.8 Å². The molecule has 1 heteroatoms. The predicted octanol–water partition coefficient (Wildman–Crippen LogP) is 2.81. The Morgan fingerprint density at radius 2 is 1.92 bits per heavy atom. The molecule has 1 N–H and O–H groups in total. The number of nitrogens with one attached hydrogen (secondary N) is 1. The molecule has 0 aromatic rings. The molecule has 76 valence electrons. The van der Waals surface area contributed by atoms with Crippen LogP contribution in [0, 0.1) is 17.8 Å². The van der Waals surface area contributed by atoms with E-state index in [1.807, 2.05) is 0 Å². The molecule has 2 saturated carbocycles. The zero-order valence-electron chi connectivity index (χ0n) is 9.05. The van der Waals surface area contributed by atoms with Crippen LogP contribution >= 0.6 is 0 Å². The molecule has 2 aliphatic rings. The SMILES string of the molecule is CCNC1CCC(C)C(C2CC2)C1. The van der Waals surface area contributed by atoms with Crippen LogP contribution in [0.15, 0.2) is 0 Å². The largest absolute Gasteiger partial charge is 0.314 e. The number of hydrogen-bond donors (Lipinski definition) is 1. The minimum absolute atomic E-state index is 0.840. The van der Waals surface area contributed by atoms with Crippen LogP contribution in [-0.4, -0.2) is 12.6 Å². The molecule has 0 saturated heterocycles. The molecule has 3 atom stereocenters. The van der Waals surface area contributed by atoms with Crippen LogP contribution in [0.5, 0.6) is 0 Å². The topological polar surface area (TPSA) is 12.0 Å². The zero-order chi connectivity index (χ0) is 9.26. The van der Waals surface area contributed by atoms with Crippen LogP contribution in [0.25, 0.3) is 0 Å². The van der Waals surface area contributed by atoms with Crippen LogP contribution in [0.3, 0.4) is 0 Å². The molecular formula is C12H23N. The summed E-state index contributed by atoms with van der Waals surface area (Å²) in [4.78, 5) is 0. The third kappa shape index (κ3) is 2.25. The summed E-state index contributed by atoms with van der Waals surface area (Å²) in [6.07, 6.45) is 7.37. The fourth-order valence-electron chi connectivity index (χ4n) is 3.01. The summed E-state index contributed by atoms with van der Waals surface area (Å²) in [6.45, 7) is 5.84. The van der Waals surface area contributed by atoms with Gasteiger partial charge in [-0.3, -0.25) is 0 Å². The molecule has 0 amide bonds. The summed E-state index contributed by atoms with van der Waals surface area (Å²) in [7, 11) is 0. The van der Waals surface area contributed by atoms with Crippen LogP contribution in [0.4, 0.5) is 0 Å². The van der Waals surface area contributed by atoms with Crippen LogP contribution < -0.4 is 5.32 Å². The molecule has 0 aliphatic heterocycles. The molecule has 2 rings (SSSR count). The van der Waals surface area contributed by atoms with E-state index in [9.17, 15) is 0 Å². The van der Waals surface area contributed by atoms with Crippen LogP contribution in [0.2, 0.25) is 0 Å². The van der Waals surface area contributed by atoms with Crippen molar-refractivity contribution in [1.29, 1.82) is 0 Å². The van der Waals surface area contributed by atoms with Gasteiger partial charge in [-0.25, -0.2) is 0 Å². The van der Waals surface area contributed by atoms with Crippen molar-refractivity contribution in [3.05, 3.63) is 0 Å². The molecule has 0 aromatic carbocycles. The van der Waals surface area contributed by atoms with Gasteiger partial charge in [-0.05, 0) is 56.4 Å². The van der Waals surface area contributed by atoms with E-state index in [2.05, 4.69) is 19.2 Å². The van der Waals surface area contributed by atoms with Gasteiger partial charge in [0.2, 0.25) is 0 Å².